The van der Waals surface area contributed by atoms with Crippen molar-refractivity contribution in [1.29, 1.82) is 0 Å². The molecule has 0 radical (unpaired) electrons. The molecule has 1 saturated heterocycles. The lowest BCUT2D eigenvalue weighted by atomic mass is 10.1. The van der Waals surface area contributed by atoms with Crippen molar-refractivity contribution >= 4 is 11.8 Å². The van der Waals surface area contributed by atoms with Crippen molar-refractivity contribution in [2.45, 2.75) is 42.0 Å². The number of thioether (sulfide) groups is 1. The monoisotopic (exact) mass is 344 g/mol. The van der Waals surface area contributed by atoms with Crippen LogP contribution in [0.15, 0.2) is 65.6 Å². The molecule has 1 fully saturated rings. The average Bonchev–Trinajstić information content (AvgIpc) is 2.63. The molecule has 0 amide bonds. The van der Waals surface area contributed by atoms with E-state index >= 15 is 0 Å². The summed E-state index contributed by atoms with van der Waals surface area (Å²) in [6.45, 7) is 1.22. The Bertz CT molecular complexity index is 590. The molecule has 0 bridgehead atoms. The Kier molecular flexibility index (Phi) is 6.73. The summed E-state index contributed by atoms with van der Waals surface area (Å²) in [7, 11) is 1.71. The summed E-state index contributed by atoms with van der Waals surface area (Å²) in [5.41, 5.74) is 1.19. The van der Waals surface area contributed by atoms with Crippen LogP contribution in [0.5, 0.6) is 0 Å². The van der Waals surface area contributed by atoms with Crippen molar-refractivity contribution in [3.63, 3.8) is 0 Å². The first-order valence-corrected chi connectivity index (χ1v) is 9.23. The number of hydrogen-bond acceptors (Lipinski definition) is 4. The summed E-state index contributed by atoms with van der Waals surface area (Å²) in [6.07, 6.45) is 1.82. The fraction of sp³-hybridized carbons (Fsp3) is 0.400. The van der Waals surface area contributed by atoms with Gasteiger partial charge in [0, 0.05) is 23.7 Å². The van der Waals surface area contributed by atoms with Gasteiger partial charge in [-0.05, 0) is 24.1 Å². The quantitative estimate of drug-likeness (QED) is 0.738. The summed E-state index contributed by atoms with van der Waals surface area (Å²) in [5.74, 6) is 0. The molecule has 0 spiro atoms. The molecule has 0 aromatic heterocycles. The molecule has 2 aromatic rings. The van der Waals surface area contributed by atoms with Gasteiger partial charge in [-0.2, -0.15) is 0 Å². The third-order valence-electron chi connectivity index (χ3n) is 4.05. The Morgan fingerprint density at radius 3 is 2.42 bits per heavy atom. The third-order valence-corrected chi connectivity index (χ3v) is 5.31. The Morgan fingerprint density at radius 1 is 1.00 bits per heavy atom. The van der Waals surface area contributed by atoms with Crippen LogP contribution in [0.4, 0.5) is 0 Å². The minimum atomic E-state index is -0.148. The molecule has 128 valence electrons. The second-order valence-corrected chi connectivity index (χ2v) is 7.32. The van der Waals surface area contributed by atoms with Crippen LogP contribution in [0, 0.1) is 0 Å². The van der Waals surface area contributed by atoms with Crippen LogP contribution in [-0.4, -0.2) is 31.4 Å². The van der Waals surface area contributed by atoms with E-state index in [4.69, 9.17) is 14.2 Å². The number of rotatable bonds is 7. The molecule has 24 heavy (non-hydrogen) atoms. The summed E-state index contributed by atoms with van der Waals surface area (Å²) in [5, 5.41) is 0.483. The highest BCUT2D eigenvalue weighted by molar-refractivity contribution is 8.00. The predicted molar refractivity (Wildman–Crippen MR) is 97.1 cm³/mol. The molecule has 0 N–H and O–H groups in total. The summed E-state index contributed by atoms with van der Waals surface area (Å²) < 4.78 is 17.3. The van der Waals surface area contributed by atoms with E-state index in [1.807, 2.05) is 36.0 Å². The normalized spacial score (nSPS) is 24.0. The van der Waals surface area contributed by atoms with Gasteiger partial charge in [0.15, 0.2) is 6.29 Å². The van der Waals surface area contributed by atoms with Gasteiger partial charge < -0.3 is 14.2 Å². The van der Waals surface area contributed by atoms with Gasteiger partial charge in [0.05, 0.1) is 19.3 Å². The maximum absolute atomic E-state index is 5.98. The molecule has 1 heterocycles. The van der Waals surface area contributed by atoms with E-state index in [2.05, 4.69) is 36.4 Å². The topological polar surface area (TPSA) is 27.7 Å². The smallest absolute Gasteiger partial charge is 0.158 e. The number of ether oxygens (including phenoxy) is 3. The second-order valence-electron chi connectivity index (χ2n) is 5.95. The Hall–Kier alpha value is -1.33. The van der Waals surface area contributed by atoms with Gasteiger partial charge in [0.25, 0.3) is 0 Å². The van der Waals surface area contributed by atoms with Gasteiger partial charge in [-0.1, -0.05) is 48.5 Å². The second kappa shape index (κ2) is 9.23. The lowest BCUT2D eigenvalue weighted by Gasteiger charge is -2.34. The van der Waals surface area contributed by atoms with E-state index in [-0.39, 0.29) is 12.4 Å². The largest absolute Gasteiger partial charge is 0.374 e. The van der Waals surface area contributed by atoms with Crippen molar-refractivity contribution in [1.82, 2.24) is 0 Å². The zero-order valence-corrected chi connectivity index (χ0v) is 14.8. The first-order chi connectivity index (χ1) is 11.8. The fourth-order valence-corrected chi connectivity index (χ4v) is 4.12. The highest BCUT2D eigenvalue weighted by atomic mass is 32.2. The van der Waals surface area contributed by atoms with Gasteiger partial charge in [-0.25, -0.2) is 0 Å². The Labute approximate surface area is 148 Å². The average molecular weight is 344 g/mol. The maximum Gasteiger partial charge on any atom is 0.158 e. The fourth-order valence-electron chi connectivity index (χ4n) is 2.86. The minimum Gasteiger partial charge on any atom is -0.374 e. The van der Waals surface area contributed by atoms with Crippen molar-refractivity contribution in [3.05, 3.63) is 66.2 Å². The van der Waals surface area contributed by atoms with Crippen LogP contribution < -0.4 is 0 Å². The van der Waals surface area contributed by atoms with Crippen molar-refractivity contribution in [2.24, 2.45) is 0 Å². The predicted octanol–water partition coefficient (Wildman–Crippen LogP) is 4.52. The van der Waals surface area contributed by atoms with Crippen molar-refractivity contribution in [2.75, 3.05) is 13.7 Å². The van der Waals surface area contributed by atoms with E-state index in [9.17, 15) is 0 Å². The maximum atomic E-state index is 5.98. The molecule has 2 aromatic carbocycles. The highest BCUT2D eigenvalue weighted by Gasteiger charge is 2.30. The number of benzene rings is 2. The molecule has 2 unspecified atom stereocenters. The lowest BCUT2D eigenvalue weighted by Crippen LogP contribution is -2.37. The zero-order valence-electron chi connectivity index (χ0n) is 14.0. The molecule has 4 heteroatoms. The van der Waals surface area contributed by atoms with E-state index in [1.54, 1.807) is 7.11 Å². The molecule has 0 saturated carbocycles. The Morgan fingerprint density at radius 2 is 1.71 bits per heavy atom. The van der Waals surface area contributed by atoms with Crippen LogP contribution in [0.3, 0.4) is 0 Å². The number of hydrogen-bond donors (Lipinski definition) is 0. The summed E-state index contributed by atoms with van der Waals surface area (Å²) >= 11 is 1.90. The van der Waals surface area contributed by atoms with Crippen LogP contribution in [0.25, 0.3) is 0 Å². The van der Waals surface area contributed by atoms with Crippen LogP contribution >= 0.6 is 11.8 Å². The van der Waals surface area contributed by atoms with E-state index < -0.39 is 0 Å². The zero-order chi connectivity index (χ0) is 16.6. The highest BCUT2D eigenvalue weighted by Crippen LogP contribution is 2.34. The molecule has 3 rings (SSSR count). The first kappa shape index (κ1) is 17.5. The third kappa shape index (κ3) is 5.35. The van der Waals surface area contributed by atoms with Crippen molar-refractivity contribution < 1.29 is 14.2 Å². The van der Waals surface area contributed by atoms with E-state index in [0.717, 1.165) is 12.8 Å². The van der Waals surface area contributed by atoms with Crippen LogP contribution in [0.1, 0.15) is 18.4 Å². The van der Waals surface area contributed by atoms with Crippen LogP contribution in [0.2, 0.25) is 0 Å². The molecule has 1 aliphatic rings. The first-order valence-electron chi connectivity index (χ1n) is 8.35. The van der Waals surface area contributed by atoms with Gasteiger partial charge in [-0.3, -0.25) is 0 Å². The standard InChI is InChI=1S/C20H24O3S/c1-21-20-13-19(24-18-10-6-3-7-11-18)12-17(23-20)15-22-14-16-8-4-2-5-9-16/h2-11,17,19-20H,12-15H2,1H3/t17-,19?,20?/m0/s1. The van der Waals surface area contributed by atoms with Gasteiger partial charge in [-0.15, -0.1) is 11.8 Å². The molecule has 0 aliphatic carbocycles. The van der Waals surface area contributed by atoms with Crippen molar-refractivity contribution in [3.8, 4) is 0 Å². The number of methoxy groups -OCH3 is 1. The van der Waals surface area contributed by atoms with E-state index in [1.165, 1.54) is 10.5 Å². The Balaban J connectivity index is 1.51. The molecule has 3 atom stereocenters. The molecule has 1 aliphatic heterocycles. The molecular weight excluding hydrogens is 320 g/mol. The summed E-state index contributed by atoms with van der Waals surface area (Å²) in [6, 6.07) is 20.8. The lowest BCUT2D eigenvalue weighted by molar-refractivity contribution is -0.191. The van der Waals surface area contributed by atoms with Crippen LogP contribution in [-0.2, 0) is 20.8 Å². The molecule has 3 nitrogen and oxygen atoms in total. The molecular formula is C20H24O3S. The SMILES string of the molecule is COC1CC(Sc2ccccc2)C[C@@H](COCc2ccccc2)O1. The van der Waals surface area contributed by atoms with Gasteiger partial charge in [0.2, 0.25) is 0 Å². The minimum absolute atomic E-state index is 0.0774. The summed E-state index contributed by atoms with van der Waals surface area (Å²) in [4.78, 5) is 1.29. The van der Waals surface area contributed by atoms with Gasteiger partial charge in [0.1, 0.15) is 0 Å². The van der Waals surface area contributed by atoms with E-state index in [0.29, 0.717) is 18.5 Å². The van der Waals surface area contributed by atoms with Gasteiger partial charge >= 0.3 is 0 Å².